The Bertz CT molecular complexity index is 3080. The van der Waals surface area contributed by atoms with E-state index in [0.29, 0.717) is 17.5 Å². The quantitative estimate of drug-likeness (QED) is 0.178. The van der Waals surface area contributed by atoms with E-state index in [4.69, 9.17) is 15.0 Å². The summed E-state index contributed by atoms with van der Waals surface area (Å²) in [7, 11) is 0. The maximum absolute atomic E-state index is 5.12. The second-order valence-corrected chi connectivity index (χ2v) is 16.4. The molecule has 62 heavy (non-hydrogen) atoms. The highest BCUT2D eigenvalue weighted by atomic mass is 15.1. The van der Waals surface area contributed by atoms with Gasteiger partial charge in [0.15, 0.2) is 17.5 Å². The normalized spacial score (nSPS) is 15.5. The second kappa shape index (κ2) is 14.6. The van der Waals surface area contributed by atoms with Gasteiger partial charge >= 0.3 is 0 Å². The third-order valence-electron chi connectivity index (χ3n) is 12.9. The van der Waals surface area contributed by atoms with Crippen molar-refractivity contribution < 1.29 is 0 Å². The summed E-state index contributed by atoms with van der Waals surface area (Å²) in [4.78, 5) is 17.7. The number of benzene rings is 8. The first kappa shape index (κ1) is 35.9. The average molecular weight is 793 g/mol. The smallest absolute Gasteiger partial charge is 0.164 e. The van der Waals surface area contributed by atoms with Gasteiger partial charge in [-0.3, -0.25) is 0 Å². The van der Waals surface area contributed by atoms with Crippen molar-refractivity contribution in [2.75, 3.05) is 4.90 Å². The molecular formula is C58H40N4. The molecule has 2 aliphatic carbocycles. The Kier molecular flexibility index (Phi) is 8.49. The van der Waals surface area contributed by atoms with Crippen molar-refractivity contribution >= 4 is 11.4 Å². The molecule has 10 bridgehead atoms. The van der Waals surface area contributed by atoms with E-state index in [-0.39, 0.29) is 5.92 Å². The number of allylic oxidation sites excluding steroid dienone is 3. The molecule has 0 saturated heterocycles. The summed E-state index contributed by atoms with van der Waals surface area (Å²) in [6.45, 7) is 0. The predicted octanol–water partition coefficient (Wildman–Crippen LogP) is 14.0. The number of hydrogen-bond acceptors (Lipinski definition) is 4. The van der Waals surface area contributed by atoms with Crippen molar-refractivity contribution in [1.82, 2.24) is 15.0 Å². The van der Waals surface area contributed by atoms with E-state index in [1.165, 1.54) is 27.8 Å². The first-order valence-corrected chi connectivity index (χ1v) is 21.4. The van der Waals surface area contributed by atoms with E-state index >= 15 is 0 Å². The topological polar surface area (TPSA) is 41.9 Å². The lowest BCUT2D eigenvalue weighted by Gasteiger charge is -2.38. The molecule has 1 aliphatic heterocycles. The van der Waals surface area contributed by atoms with Crippen molar-refractivity contribution in [3.8, 4) is 56.4 Å². The lowest BCUT2D eigenvalue weighted by molar-refractivity contribution is 0.688. The zero-order valence-corrected chi connectivity index (χ0v) is 33.9. The van der Waals surface area contributed by atoms with Gasteiger partial charge in [0.25, 0.3) is 0 Å². The maximum Gasteiger partial charge on any atom is 0.164 e. The van der Waals surface area contributed by atoms with Crippen LogP contribution in [-0.2, 0) is 5.41 Å². The fourth-order valence-electron chi connectivity index (χ4n) is 10.1. The molecule has 0 spiro atoms. The van der Waals surface area contributed by atoms with Crippen LogP contribution in [0.3, 0.4) is 0 Å². The zero-order valence-electron chi connectivity index (χ0n) is 33.9. The molecule has 4 heteroatoms. The number of rotatable bonds is 4. The van der Waals surface area contributed by atoms with Crippen LogP contribution < -0.4 is 4.90 Å². The minimum Gasteiger partial charge on any atom is -0.311 e. The fraction of sp³-hybridized carbons (Fsp3) is 0.0517. The molecule has 2 heterocycles. The van der Waals surface area contributed by atoms with E-state index in [2.05, 4.69) is 211 Å². The van der Waals surface area contributed by atoms with Crippen LogP contribution in [0, 0.1) is 0 Å². The minimum absolute atomic E-state index is 0.237. The molecule has 0 amide bonds. The SMILES string of the molecule is C1=C(N2c3cccc(c3)-c3cccc(c3)-c3nc(-c4ccccc4)nc(n3)-c3cccc(c3)-c3cccc2c3)C=C2C(C1)c1ccccc1C2(c1ccccc1)c1ccccc1. The van der Waals surface area contributed by atoms with Crippen LogP contribution in [0.25, 0.3) is 56.4 Å². The summed E-state index contributed by atoms with van der Waals surface area (Å²) in [6.07, 6.45) is 5.85. The van der Waals surface area contributed by atoms with Crippen molar-refractivity contribution in [3.05, 3.63) is 258 Å². The summed E-state index contributed by atoms with van der Waals surface area (Å²) >= 11 is 0. The number of anilines is 2. The Morgan fingerprint density at radius 2 is 0.839 bits per heavy atom. The van der Waals surface area contributed by atoms with Crippen LogP contribution in [0.5, 0.6) is 0 Å². The van der Waals surface area contributed by atoms with Crippen LogP contribution in [0.15, 0.2) is 236 Å². The highest BCUT2D eigenvalue weighted by Crippen LogP contribution is 2.60. The molecule has 0 saturated carbocycles. The molecule has 3 aliphatic rings. The van der Waals surface area contributed by atoms with Gasteiger partial charge in [-0.05, 0) is 99.0 Å². The molecule has 0 radical (unpaired) electrons. The van der Waals surface area contributed by atoms with Gasteiger partial charge in [0, 0.05) is 39.7 Å². The minimum atomic E-state index is -0.459. The standard InChI is InChI=1S/C58H40N4/c1-4-16-39(17-5-1)55-59-56-44-22-12-18-40(34-44)42-20-14-28-48(36-42)62(49-29-15-21-43(37-49)41-19-13-23-45(35-41)57(60-55)61-56)50-32-33-52-51-30-10-11-31-53(51)58(54(52)38-50,46-24-6-2-7-25-46)47-26-8-3-9-27-47/h1-32,34-38,52H,33H2. The molecule has 1 aromatic heterocycles. The van der Waals surface area contributed by atoms with Crippen LogP contribution in [0.2, 0.25) is 0 Å². The molecule has 292 valence electrons. The number of hydrogen-bond donors (Lipinski definition) is 0. The zero-order chi connectivity index (χ0) is 41.0. The van der Waals surface area contributed by atoms with Gasteiger partial charge in [-0.25, -0.2) is 15.0 Å². The van der Waals surface area contributed by atoms with Crippen molar-refractivity contribution in [2.45, 2.75) is 17.8 Å². The summed E-state index contributed by atoms with van der Waals surface area (Å²) in [6, 6.07) is 76.6. The summed E-state index contributed by atoms with van der Waals surface area (Å²) in [5.74, 6) is 2.16. The lowest BCUT2D eigenvalue weighted by Crippen LogP contribution is -2.31. The highest BCUT2D eigenvalue weighted by Gasteiger charge is 2.51. The Balaban J connectivity index is 1.08. The monoisotopic (exact) mass is 792 g/mol. The molecule has 1 atom stereocenters. The number of fused-ring (bicyclic) bond motifs is 17. The van der Waals surface area contributed by atoms with Gasteiger partial charge in [-0.1, -0.05) is 182 Å². The number of nitrogens with zero attached hydrogens (tertiary/aromatic N) is 4. The van der Waals surface area contributed by atoms with Crippen LogP contribution in [-0.4, -0.2) is 15.0 Å². The predicted molar refractivity (Wildman–Crippen MR) is 252 cm³/mol. The molecule has 0 N–H and O–H groups in total. The maximum atomic E-state index is 5.12. The average Bonchev–Trinajstić information content (AvgIpc) is 3.65. The molecule has 12 rings (SSSR count). The van der Waals surface area contributed by atoms with Crippen molar-refractivity contribution in [3.63, 3.8) is 0 Å². The molecule has 0 fully saturated rings. The molecule has 4 nitrogen and oxygen atoms in total. The summed E-state index contributed by atoms with van der Waals surface area (Å²) in [5, 5.41) is 0. The summed E-state index contributed by atoms with van der Waals surface area (Å²) < 4.78 is 0. The van der Waals surface area contributed by atoms with Gasteiger partial charge in [-0.2, -0.15) is 0 Å². The number of aromatic nitrogens is 3. The third kappa shape index (κ3) is 5.87. The molecule has 9 aromatic rings. The van der Waals surface area contributed by atoms with E-state index in [1.54, 1.807) is 0 Å². The van der Waals surface area contributed by atoms with Crippen LogP contribution in [0.4, 0.5) is 11.4 Å². The Morgan fingerprint density at radius 1 is 0.403 bits per heavy atom. The van der Waals surface area contributed by atoms with Gasteiger partial charge < -0.3 is 4.90 Å². The van der Waals surface area contributed by atoms with Gasteiger partial charge in [0.2, 0.25) is 0 Å². The van der Waals surface area contributed by atoms with Gasteiger partial charge in [-0.15, -0.1) is 0 Å². The molecular weight excluding hydrogens is 753 g/mol. The first-order valence-electron chi connectivity index (χ1n) is 21.4. The van der Waals surface area contributed by atoms with E-state index in [9.17, 15) is 0 Å². The van der Waals surface area contributed by atoms with Crippen molar-refractivity contribution in [2.24, 2.45) is 0 Å². The Labute approximate surface area is 361 Å². The molecule has 8 aromatic carbocycles. The first-order chi connectivity index (χ1) is 30.7. The Morgan fingerprint density at radius 3 is 1.40 bits per heavy atom. The lowest BCUT2D eigenvalue weighted by atomic mass is 9.66. The third-order valence-corrected chi connectivity index (χ3v) is 12.9. The fourth-order valence-corrected chi connectivity index (χ4v) is 10.1. The van der Waals surface area contributed by atoms with E-state index < -0.39 is 5.41 Å². The largest absolute Gasteiger partial charge is 0.311 e. The second-order valence-electron chi connectivity index (χ2n) is 16.4. The summed E-state index contributed by atoms with van der Waals surface area (Å²) in [5.41, 5.74) is 16.8. The van der Waals surface area contributed by atoms with Crippen molar-refractivity contribution in [1.29, 1.82) is 0 Å². The van der Waals surface area contributed by atoms with Gasteiger partial charge in [0.1, 0.15) is 0 Å². The van der Waals surface area contributed by atoms with E-state index in [1.807, 2.05) is 18.2 Å². The Hall–Kier alpha value is -7.95. The van der Waals surface area contributed by atoms with Gasteiger partial charge in [0.05, 0.1) is 5.41 Å². The highest BCUT2D eigenvalue weighted by molar-refractivity contribution is 5.82. The van der Waals surface area contributed by atoms with E-state index in [0.717, 1.165) is 62.4 Å². The van der Waals surface area contributed by atoms with Crippen LogP contribution in [0.1, 0.15) is 34.6 Å². The molecule has 1 unspecified atom stereocenters. The van der Waals surface area contributed by atoms with Crippen LogP contribution >= 0.6 is 0 Å².